The van der Waals surface area contributed by atoms with E-state index in [0.717, 1.165) is 15.6 Å². The Morgan fingerprint density at radius 2 is 1.76 bits per heavy atom. The Bertz CT molecular complexity index is 972. The molecule has 0 fully saturated rings. The summed E-state index contributed by atoms with van der Waals surface area (Å²) in [5, 5.41) is 5.91. The molecule has 0 aliphatic carbocycles. The van der Waals surface area contributed by atoms with E-state index in [0.29, 0.717) is 31.4 Å². The van der Waals surface area contributed by atoms with Crippen LogP contribution < -0.4 is 0 Å². The summed E-state index contributed by atoms with van der Waals surface area (Å²) >= 11 is 20.0. The highest BCUT2D eigenvalue weighted by atomic mass is 35.5. The van der Waals surface area contributed by atoms with E-state index in [9.17, 15) is 0 Å². The van der Waals surface area contributed by atoms with Crippen LogP contribution in [0.3, 0.4) is 0 Å². The molecule has 0 atom stereocenters. The molecule has 3 nitrogen and oxygen atoms in total. The number of hydrogen-bond donors (Lipinski definition) is 0. The molecule has 0 bridgehead atoms. The molecule has 7 heteroatoms. The van der Waals surface area contributed by atoms with E-state index < -0.39 is 0 Å². The van der Waals surface area contributed by atoms with Crippen LogP contribution in [0.25, 0.3) is 32.4 Å². The molecule has 0 N–H and O–H groups in total. The minimum atomic E-state index is 0.468. The Morgan fingerprint density at radius 3 is 2.52 bits per heavy atom. The molecular weight excluding hydrogens is 351 g/mol. The molecule has 0 aliphatic rings. The standard InChI is InChI=1S/C14H5Cl3N2OS/c15-6-2-1-3-7(16)10(6)13-11-8(20-19-13)4-5-9-12(11)18-14(17)21-9/h1-5H. The van der Waals surface area contributed by atoms with Crippen molar-refractivity contribution in [3.63, 3.8) is 0 Å². The van der Waals surface area contributed by atoms with Gasteiger partial charge in [-0.1, -0.05) is 46.0 Å². The fourth-order valence-corrected chi connectivity index (χ4v) is 3.90. The van der Waals surface area contributed by atoms with Crippen molar-refractivity contribution in [3.8, 4) is 11.3 Å². The van der Waals surface area contributed by atoms with Crippen LogP contribution in [0.1, 0.15) is 0 Å². The first kappa shape index (κ1) is 13.3. The van der Waals surface area contributed by atoms with Crippen LogP contribution in [0.2, 0.25) is 14.5 Å². The number of rotatable bonds is 1. The highest BCUT2D eigenvalue weighted by Crippen LogP contribution is 2.41. The van der Waals surface area contributed by atoms with E-state index in [1.54, 1.807) is 18.2 Å². The number of halogens is 3. The third-order valence-corrected chi connectivity index (χ3v) is 4.92. The minimum absolute atomic E-state index is 0.468. The van der Waals surface area contributed by atoms with Gasteiger partial charge in [0.2, 0.25) is 0 Å². The molecule has 0 amide bonds. The van der Waals surface area contributed by atoms with Crippen molar-refractivity contribution >= 4 is 67.3 Å². The molecule has 2 aromatic heterocycles. The highest BCUT2D eigenvalue weighted by molar-refractivity contribution is 7.22. The van der Waals surface area contributed by atoms with Gasteiger partial charge in [0.15, 0.2) is 10.0 Å². The smallest absolute Gasteiger partial charge is 0.184 e. The topological polar surface area (TPSA) is 38.9 Å². The van der Waals surface area contributed by atoms with Crippen LogP contribution in [-0.2, 0) is 0 Å². The van der Waals surface area contributed by atoms with Crippen molar-refractivity contribution in [1.29, 1.82) is 0 Å². The van der Waals surface area contributed by atoms with E-state index in [1.807, 2.05) is 12.1 Å². The Kier molecular flexibility index (Phi) is 3.08. The zero-order valence-electron chi connectivity index (χ0n) is 10.2. The summed E-state index contributed by atoms with van der Waals surface area (Å²) in [4.78, 5) is 4.36. The summed E-state index contributed by atoms with van der Waals surface area (Å²) in [6.07, 6.45) is 0. The van der Waals surface area contributed by atoms with Crippen LogP contribution >= 0.6 is 46.1 Å². The minimum Gasteiger partial charge on any atom is -0.356 e. The Morgan fingerprint density at radius 1 is 1.00 bits per heavy atom. The van der Waals surface area contributed by atoms with Gasteiger partial charge in [-0.3, -0.25) is 0 Å². The normalized spacial score (nSPS) is 11.6. The summed E-state index contributed by atoms with van der Waals surface area (Å²) < 4.78 is 6.81. The first-order chi connectivity index (χ1) is 10.1. The lowest BCUT2D eigenvalue weighted by molar-refractivity contribution is 0.459. The van der Waals surface area contributed by atoms with Crippen molar-refractivity contribution in [2.45, 2.75) is 0 Å². The van der Waals surface area contributed by atoms with Crippen LogP contribution in [0.4, 0.5) is 0 Å². The number of thiazole rings is 1. The average Bonchev–Trinajstić information content (AvgIpc) is 3.01. The summed E-state index contributed by atoms with van der Waals surface area (Å²) in [5.74, 6) is 0. The van der Waals surface area contributed by atoms with Gasteiger partial charge in [-0.05, 0) is 24.3 Å². The molecular formula is C14H5Cl3N2OS. The first-order valence-electron chi connectivity index (χ1n) is 5.94. The molecule has 0 saturated heterocycles. The van der Waals surface area contributed by atoms with Crippen LogP contribution in [0.5, 0.6) is 0 Å². The van der Waals surface area contributed by atoms with E-state index in [1.165, 1.54) is 11.3 Å². The molecule has 104 valence electrons. The SMILES string of the molecule is Clc1nc2c(ccc3onc(-c4c(Cl)cccc4Cl)c32)s1. The number of nitrogens with zero attached hydrogens (tertiary/aromatic N) is 2. The largest absolute Gasteiger partial charge is 0.356 e. The van der Waals surface area contributed by atoms with Gasteiger partial charge >= 0.3 is 0 Å². The first-order valence-corrected chi connectivity index (χ1v) is 7.89. The monoisotopic (exact) mass is 354 g/mol. The molecule has 4 rings (SSSR count). The van der Waals surface area contributed by atoms with E-state index in [4.69, 9.17) is 39.3 Å². The van der Waals surface area contributed by atoms with Crippen molar-refractivity contribution in [2.75, 3.05) is 0 Å². The van der Waals surface area contributed by atoms with Gasteiger partial charge in [-0.15, -0.1) is 11.3 Å². The molecule has 0 spiro atoms. The molecule has 0 radical (unpaired) electrons. The quantitative estimate of drug-likeness (QED) is 0.416. The highest BCUT2D eigenvalue weighted by Gasteiger charge is 2.20. The van der Waals surface area contributed by atoms with Crippen LogP contribution in [-0.4, -0.2) is 10.1 Å². The van der Waals surface area contributed by atoms with Crippen LogP contribution in [0, 0.1) is 0 Å². The predicted molar refractivity (Wildman–Crippen MR) is 87.7 cm³/mol. The maximum absolute atomic E-state index is 6.27. The second kappa shape index (κ2) is 4.85. The average molecular weight is 356 g/mol. The predicted octanol–water partition coefficient (Wildman–Crippen LogP) is 6.06. The lowest BCUT2D eigenvalue weighted by Crippen LogP contribution is -1.83. The summed E-state index contributed by atoms with van der Waals surface area (Å²) in [5.41, 5.74) is 2.58. The van der Waals surface area contributed by atoms with Gasteiger partial charge in [0.05, 0.1) is 25.6 Å². The second-order valence-corrected chi connectivity index (χ2v) is 6.81. The van der Waals surface area contributed by atoms with Gasteiger partial charge in [-0.25, -0.2) is 4.98 Å². The van der Waals surface area contributed by atoms with Gasteiger partial charge in [0.25, 0.3) is 0 Å². The van der Waals surface area contributed by atoms with Crippen molar-refractivity contribution < 1.29 is 4.52 Å². The number of fused-ring (bicyclic) bond motifs is 3. The summed E-state index contributed by atoms with van der Waals surface area (Å²) in [7, 11) is 0. The number of hydrogen-bond acceptors (Lipinski definition) is 4. The van der Waals surface area contributed by atoms with E-state index >= 15 is 0 Å². The van der Waals surface area contributed by atoms with Gasteiger partial charge in [0.1, 0.15) is 5.69 Å². The molecule has 0 saturated carbocycles. The Balaban J connectivity index is 2.17. The molecule has 2 heterocycles. The molecule has 21 heavy (non-hydrogen) atoms. The van der Waals surface area contributed by atoms with Crippen molar-refractivity contribution in [1.82, 2.24) is 10.1 Å². The zero-order chi connectivity index (χ0) is 14.6. The molecule has 4 aromatic rings. The van der Waals surface area contributed by atoms with E-state index in [2.05, 4.69) is 10.1 Å². The third kappa shape index (κ3) is 2.02. The Labute approximate surface area is 138 Å². The van der Waals surface area contributed by atoms with Crippen LogP contribution in [0.15, 0.2) is 34.9 Å². The molecule has 0 unspecified atom stereocenters. The van der Waals surface area contributed by atoms with Gasteiger partial charge < -0.3 is 4.52 Å². The Hall–Kier alpha value is -1.33. The second-order valence-electron chi connectivity index (χ2n) is 4.38. The fraction of sp³-hybridized carbons (Fsp3) is 0. The molecule has 0 aliphatic heterocycles. The van der Waals surface area contributed by atoms with E-state index in [-0.39, 0.29) is 0 Å². The fourth-order valence-electron chi connectivity index (χ4n) is 2.29. The lowest BCUT2D eigenvalue weighted by atomic mass is 10.1. The van der Waals surface area contributed by atoms with Gasteiger partial charge in [0, 0.05) is 5.56 Å². The number of benzene rings is 2. The third-order valence-electron chi connectivity index (χ3n) is 3.17. The van der Waals surface area contributed by atoms with Crippen molar-refractivity contribution in [2.24, 2.45) is 0 Å². The molecule has 2 aromatic carbocycles. The lowest BCUT2D eigenvalue weighted by Gasteiger charge is -2.03. The summed E-state index contributed by atoms with van der Waals surface area (Å²) in [6.45, 7) is 0. The summed E-state index contributed by atoms with van der Waals surface area (Å²) in [6, 6.07) is 9.05. The maximum Gasteiger partial charge on any atom is 0.184 e. The zero-order valence-corrected chi connectivity index (χ0v) is 13.3. The van der Waals surface area contributed by atoms with Crippen molar-refractivity contribution in [3.05, 3.63) is 44.8 Å². The maximum atomic E-state index is 6.27. The van der Waals surface area contributed by atoms with Gasteiger partial charge in [-0.2, -0.15) is 0 Å². The number of aromatic nitrogens is 2.